The summed E-state index contributed by atoms with van der Waals surface area (Å²) >= 11 is 12.3. The lowest BCUT2D eigenvalue weighted by molar-refractivity contribution is -0.385. The number of nitro groups is 2. The van der Waals surface area contributed by atoms with E-state index in [0.717, 1.165) is 38.1 Å². The molecular formula is C42H44Cl2N8O13. The number of halogens is 2. The number of benzene rings is 4. The highest BCUT2D eigenvalue weighted by molar-refractivity contribution is 6.34. The fourth-order valence-electron chi connectivity index (χ4n) is 6.08. The maximum absolute atomic E-state index is 13.6. The number of carbonyl (C=O) groups excluding carboxylic acids is 6. The molecule has 21 nitrogen and oxygen atoms in total. The smallest absolute Gasteiger partial charge is 0.271 e. The molecule has 0 aliphatic rings. The molecule has 0 aliphatic heterocycles. The standard InChI is InChI=1S/C42H44Cl2N8O13/c1-22(53)36(41(60)47-32(17-24-9-5-3-6-10-24)38(57)45-30-15-13-26(51(62)63)19-28(30)43)49-35(56)21-34(55)40(59)50-37(23(2)54)42(61)48-33(18-25-11-7-4-8-12-25)39(58)46-31-16-14-27(52(64)65)20-29(31)44/h3-16,19-20,22-23,32-34,36-37,53-55H,17-18,21H2,1-2H3,(H,45,57)(H,46,58)(H,47,60)(H,48,61)(H,49,56)(H,50,59)/t22?,23?,32-,33-,34-,36-,37-/m0/s1. The number of aliphatic hydroxyl groups is 3. The number of nitro benzene ring substituents is 2. The first-order valence-corrected chi connectivity index (χ1v) is 20.3. The lowest BCUT2D eigenvalue weighted by Crippen LogP contribution is -2.59. The van der Waals surface area contributed by atoms with E-state index in [-0.39, 0.29) is 45.6 Å². The molecular weight excluding hydrogens is 895 g/mol. The highest BCUT2D eigenvalue weighted by Gasteiger charge is 2.34. The van der Waals surface area contributed by atoms with Crippen LogP contribution >= 0.6 is 23.2 Å². The molecule has 4 rings (SSSR count). The van der Waals surface area contributed by atoms with Crippen LogP contribution < -0.4 is 31.9 Å². The van der Waals surface area contributed by atoms with E-state index in [1.54, 1.807) is 60.7 Å². The summed E-state index contributed by atoms with van der Waals surface area (Å²) in [6, 6.07) is 17.1. The highest BCUT2D eigenvalue weighted by atomic mass is 35.5. The van der Waals surface area contributed by atoms with Crippen molar-refractivity contribution in [2.75, 3.05) is 10.6 Å². The minimum atomic E-state index is -2.20. The van der Waals surface area contributed by atoms with Crippen LogP contribution in [0.15, 0.2) is 97.1 Å². The molecule has 0 aliphatic carbocycles. The molecule has 0 saturated carbocycles. The summed E-state index contributed by atoms with van der Waals surface area (Å²) in [5, 5.41) is 67.9. The quantitative estimate of drug-likeness (QED) is 0.0429. The third kappa shape index (κ3) is 15.0. The molecule has 9 N–H and O–H groups in total. The van der Waals surface area contributed by atoms with Crippen molar-refractivity contribution in [1.29, 1.82) is 0 Å². The van der Waals surface area contributed by atoms with Gasteiger partial charge in [-0.1, -0.05) is 83.9 Å². The van der Waals surface area contributed by atoms with Gasteiger partial charge in [0.1, 0.15) is 30.3 Å². The first kappa shape index (κ1) is 50.6. The van der Waals surface area contributed by atoms with Crippen molar-refractivity contribution in [3.8, 4) is 0 Å². The average molecular weight is 940 g/mol. The Morgan fingerprint density at radius 3 is 1.29 bits per heavy atom. The predicted octanol–water partition coefficient (Wildman–Crippen LogP) is 2.32. The number of non-ortho nitro benzene ring substituents is 2. The first-order chi connectivity index (χ1) is 30.7. The fraction of sp³-hybridized carbons (Fsp3) is 0.286. The van der Waals surface area contributed by atoms with Gasteiger partial charge in [-0.2, -0.15) is 0 Å². The van der Waals surface area contributed by atoms with Gasteiger partial charge in [0.15, 0.2) is 0 Å². The van der Waals surface area contributed by atoms with E-state index >= 15 is 0 Å². The van der Waals surface area contributed by atoms with Crippen LogP contribution in [0.25, 0.3) is 0 Å². The second kappa shape index (κ2) is 23.6. The Labute approximate surface area is 380 Å². The Bertz CT molecular complexity index is 2390. The van der Waals surface area contributed by atoms with Crippen molar-refractivity contribution in [2.45, 2.75) is 75.6 Å². The molecule has 7 atom stereocenters. The number of rotatable bonds is 21. The van der Waals surface area contributed by atoms with Gasteiger partial charge >= 0.3 is 0 Å². The topological polar surface area (TPSA) is 322 Å². The van der Waals surface area contributed by atoms with E-state index in [1.807, 2.05) is 0 Å². The Hall–Kier alpha value is -7.04. The Morgan fingerprint density at radius 1 is 0.554 bits per heavy atom. The van der Waals surface area contributed by atoms with Gasteiger partial charge in [-0.3, -0.25) is 49.0 Å². The molecule has 344 valence electrons. The fourth-order valence-corrected chi connectivity index (χ4v) is 6.52. The Balaban J connectivity index is 1.43. The predicted molar refractivity (Wildman–Crippen MR) is 235 cm³/mol. The van der Waals surface area contributed by atoms with Gasteiger partial charge in [-0.15, -0.1) is 0 Å². The van der Waals surface area contributed by atoms with Crippen molar-refractivity contribution < 1.29 is 53.9 Å². The maximum atomic E-state index is 13.6. The van der Waals surface area contributed by atoms with Crippen LogP contribution in [0, 0.1) is 20.2 Å². The van der Waals surface area contributed by atoms with Crippen LogP contribution in [0.5, 0.6) is 0 Å². The van der Waals surface area contributed by atoms with Crippen LogP contribution in [0.1, 0.15) is 31.4 Å². The summed E-state index contributed by atoms with van der Waals surface area (Å²) in [5.74, 6) is -6.27. The summed E-state index contributed by atoms with van der Waals surface area (Å²) in [7, 11) is 0. The maximum Gasteiger partial charge on any atom is 0.271 e. The summed E-state index contributed by atoms with van der Waals surface area (Å²) in [6.45, 7) is 2.28. The van der Waals surface area contributed by atoms with E-state index in [1.165, 1.54) is 12.1 Å². The second-order valence-electron chi connectivity index (χ2n) is 14.6. The van der Waals surface area contributed by atoms with Crippen LogP contribution in [-0.2, 0) is 41.6 Å². The second-order valence-corrected chi connectivity index (χ2v) is 15.4. The number of nitrogens with zero attached hydrogens (tertiary/aromatic N) is 2. The highest BCUT2D eigenvalue weighted by Crippen LogP contribution is 2.28. The molecule has 4 aromatic rings. The molecule has 6 amide bonds. The van der Waals surface area contributed by atoms with Gasteiger partial charge in [-0.05, 0) is 37.1 Å². The zero-order chi connectivity index (χ0) is 48.0. The molecule has 4 aromatic carbocycles. The third-order valence-electron chi connectivity index (χ3n) is 9.50. The van der Waals surface area contributed by atoms with E-state index in [4.69, 9.17) is 23.2 Å². The largest absolute Gasteiger partial charge is 0.391 e. The zero-order valence-electron chi connectivity index (χ0n) is 34.5. The lowest BCUT2D eigenvalue weighted by atomic mass is 10.0. The Kier molecular flexibility index (Phi) is 18.4. The summed E-state index contributed by atoms with van der Waals surface area (Å²) in [4.78, 5) is 101. The number of aliphatic hydroxyl groups excluding tert-OH is 3. The van der Waals surface area contributed by atoms with Gasteiger partial charge in [0, 0.05) is 37.1 Å². The number of nitrogens with one attached hydrogen (secondary N) is 6. The van der Waals surface area contributed by atoms with Crippen molar-refractivity contribution in [2.24, 2.45) is 0 Å². The molecule has 0 aromatic heterocycles. The van der Waals surface area contributed by atoms with E-state index in [2.05, 4.69) is 31.9 Å². The van der Waals surface area contributed by atoms with Crippen LogP contribution in [-0.4, -0.2) is 103 Å². The molecule has 0 radical (unpaired) electrons. The Morgan fingerprint density at radius 2 is 0.938 bits per heavy atom. The van der Waals surface area contributed by atoms with Crippen molar-refractivity contribution >= 4 is 81.4 Å². The van der Waals surface area contributed by atoms with E-state index in [0.29, 0.717) is 11.1 Å². The lowest BCUT2D eigenvalue weighted by Gasteiger charge is -2.26. The number of carbonyl (C=O) groups is 6. The summed E-state index contributed by atoms with van der Waals surface area (Å²) in [5.41, 5.74) is 0.447. The van der Waals surface area contributed by atoms with Crippen molar-refractivity contribution in [3.05, 3.63) is 138 Å². The SMILES string of the molecule is CC(O)[C@H](NC(=O)C[C@H](O)C(=O)N[C@H](C(=O)N[C@@H](Cc1ccccc1)C(=O)Nc1ccc([N+](=O)[O-])cc1Cl)C(C)O)C(=O)N[C@@H](Cc1ccccc1)C(=O)Nc1ccc([N+](=O)[O-])cc1Cl. The van der Waals surface area contributed by atoms with Crippen LogP contribution in [0.3, 0.4) is 0 Å². The minimum Gasteiger partial charge on any atom is -0.391 e. The van der Waals surface area contributed by atoms with E-state index < -0.39 is 94.2 Å². The molecule has 0 bridgehead atoms. The molecule has 0 spiro atoms. The molecule has 23 heteroatoms. The zero-order valence-corrected chi connectivity index (χ0v) is 36.0. The first-order valence-electron chi connectivity index (χ1n) is 19.6. The molecule has 0 saturated heterocycles. The van der Waals surface area contributed by atoms with Crippen molar-refractivity contribution in [3.63, 3.8) is 0 Å². The van der Waals surface area contributed by atoms with Gasteiger partial charge in [0.2, 0.25) is 35.4 Å². The van der Waals surface area contributed by atoms with Gasteiger partial charge in [-0.25, -0.2) is 0 Å². The number of amides is 6. The summed E-state index contributed by atoms with van der Waals surface area (Å²) < 4.78 is 0. The number of anilines is 2. The van der Waals surface area contributed by atoms with Gasteiger partial charge in [0.25, 0.3) is 11.4 Å². The van der Waals surface area contributed by atoms with Gasteiger partial charge < -0.3 is 47.2 Å². The monoisotopic (exact) mass is 938 g/mol. The third-order valence-corrected chi connectivity index (χ3v) is 10.1. The average Bonchev–Trinajstić information content (AvgIpc) is 3.25. The molecule has 2 unspecified atom stereocenters. The van der Waals surface area contributed by atoms with E-state index in [9.17, 15) is 64.3 Å². The molecule has 0 heterocycles. The molecule has 65 heavy (non-hydrogen) atoms. The molecule has 0 fully saturated rings. The minimum absolute atomic E-state index is 0.0138. The number of hydrogen-bond acceptors (Lipinski definition) is 13. The summed E-state index contributed by atoms with van der Waals surface area (Å²) in [6.07, 6.45) is -6.68. The van der Waals surface area contributed by atoms with Gasteiger partial charge in [0.05, 0.1) is 49.9 Å². The van der Waals surface area contributed by atoms with Crippen LogP contribution in [0.2, 0.25) is 10.0 Å². The van der Waals surface area contributed by atoms with Crippen molar-refractivity contribution in [1.82, 2.24) is 21.3 Å². The van der Waals surface area contributed by atoms with Crippen LogP contribution in [0.4, 0.5) is 22.7 Å². The normalized spacial score (nSPS) is 14.1. The number of hydrogen-bond donors (Lipinski definition) is 9.